The molecule has 2 aromatic carbocycles. The highest BCUT2D eigenvalue weighted by Gasteiger charge is 2.06. The number of hydrogen-bond acceptors (Lipinski definition) is 5. The number of aromatic nitrogens is 1. The highest BCUT2D eigenvalue weighted by Crippen LogP contribution is 2.27. The summed E-state index contributed by atoms with van der Waals surface area (Å²) in [6, 6.07) is 19.0. The van der Waals surface area contributed by atoms with Crippen LogP contribution in [-0.2, 0) is 6.42 Å². The molecule has 28 heavy (non-hydrogen) atoms. The summed E-state index contributed by atoms with van der Waals surface area (Å²) in [7, 11) is 1.59. The van der Waals surface area contributed by atoms with E-state index in [2.05, 4.69) is 27.6 Å². The Morgan fingerprint density at radius 1 is 1.11 bits per heavy atom. The molecule has 6 nitrogen and oxygen atoms in total. The van der Waals surface area contributed by atoms with Crippen molar-refractivity contribution in [3.05, 3.63) is 89.7 Å². The number of benzene rings is 2. The van der Waals surface area contributed by atoms with Crippen molar-refractivity contribution < 1.29 is 14.3 Å². The molecule has 1 aromatic heterocycles. The summed E-state index contributed by atoms with van der Waals surface area (Å²) in [4.78, 5) is 15.8. The first kappa shape index (κ1) is 19.1. The molecule has 1 N–H and O–H groups in total. The third kappa shape index (κ3) is 5.41. The average Bonchev–Trinajstić information content (AvgIpc) is 2.75. The third-order valence-corrected chi connectivity index (χ3v) is 3.98. The number of nitrogens with zero attached hydrogens (tertiary/aromatic N) is 2. The normalized spacial score (nSPS) is 10.6. The topological polar surface area (TPSA) is 72.8 Å². The van der Waals surface area contributed by atoms with E-state index in [1.807, 2.05) is 30.3 Å². The van der Waals surface area contributed by atoms with E-state index in [4.69, 9.17) is 9.47 Å². The molecule has 0 saturated carbocycles. The standard InChI is InChI=1S/C22H21N3O3/c1-27-21-14-18(15-24-25-22(26)19-8-5-12-23-16-19)9-10-20(21)28-13-11-17-6-3-2-4-7-17/h2-10,12,14-16H,11,13H2,1H3,(H,25,26)/b24-15+. The molecule has 0 bridgehead atoms. The number of carbonyl (C=O) groups is 1. The fourth-order valence-electron chi connectivity index (χ4n) is 2.53. The lowest BCUT2D eigenvalue weighted by Crippen LogP contribution is -2.17. The summed E-state index contributed by atoms with van der Waals surface area (Å²) < 4.78 is 11.2. The zero-order chi connectivity index (χ0) is 19.6. The second-order valence-corrected chi connectivity index (χ2v) is 5.94. The quantitative estimate of drug-likeness (QED) is 0.483. The Hall–Kier alpha value is -3.67. The van der Waals surface area contributed by atoms with Gasteiger partial charge >= 0.3 is 0 Å². The second-order valence-electron chi connectivity index (χ2n) is 5.94. The van der Waals surface area contributed by atoms with Gasteiger partial charge in [-0.15, -0.1) is 0 Å². The molecule has 0 spiro atoms. The molecule has 3 aromatic rings. The van der Waals surface area contributed by atoms with Crippen molar-refractivity contribution >= 4 is 12.1 Å². The van der Waals surface area contributed by atoms with Crippen LogP contribution in [0.25, 0.3) is 0 Å². The van der Waals surface area contributed by atoms with Gasteiger partial charge in [0.2, 0.25) is 0 Å². The molecule has 1 heterocycles. The van der Waals surface area contributed by atoms with Crippen LogP contribution in [0.15, 0.2) is 78.2 Å². The molecule has 0 unspecified atom stereocenters. The number of hydrazone groups is 1. The van der Waals surface area contributed by atoms with Gasteiger partial charge in [0.05, 0.1) is 25.5 Å². The van der Waals surface area contributed by atoms with Crippen molar-refractivity contribution in [2.75, 3.05) is 13.7 Å². The van der Waals surface area contributed by atoms with Gasteiger partial charge in [-0.2, -0.15) is 5.10 Å². The third-order valence-electron chi connectivity index (χ3n) is 3.98. The zero-order valence-electron chi connectivity index (χ0n) is 15.5. The first-order valence-electron chi connectivity index (χ1n) is 8.84. The van der Waals surface area contributed by atoms with E-state index in [0.717, 1.165) is 12.0 Å². The molecule has 142 valence electrons. The van der Waals surface area contributed by atoms with Crippen molar-refractivity contribution in [2.45, 2.75) is 6.42 Å². The smallest absolute Gasteiger partial charge is 0.272 e. The number of amides is 1. The van der Waals surface area contributed by atoms with Crippen molar-refractivity contribution in [3.63, 3.8) is 0 Å². The van der Waals surface area contributed by atoms with Gasteiger partial charge in [0, 0.05) is 18.8 Å². The monoisotopic (exact) mass is 375 g/mol. The fourth-order valence-corrected chi connectivity index (χ4v) is 2.53. The van der Waals surface area contributed by atoms with Crippen LogP contribution in [0.4, 0.5) is 0 Å². The predicted octanol–water partition coefficient (Wildman–Crippen LogP) is 3.48. The Bertz CT molecular complexity index is 928. The molecular weight excluding hydrogens is 354 g/mol. The van der Waals surface area contributed by atoms with Crippen LogP contribution in [-0.4, -0.2) is 30.8 Å². The van der Waals surface area contributed by atoms with Crippen LogP contribution >= 0.6 is 0 Å². The van der Waals surface area contributed by atoms with Gasteiger partial charge in [0.1, 0.15) is 0 Å². The minimum atomic E-state index is -0.322. The van der Waals surface area contributed by atoms with Gasteiger partial charge in [0.25, 0.3) is 5.91 Å². The van der Waals surface area contributed by atoms with Gasteiger partial charge in [-0.1, -0.05) is 30.3 Å². The fraction of sp³-hybridized carbons (Fsp3) is 0.136. The van der Waals surface area contributed by atoms with Gasteiger partial charge in [0.15, 0.2) is 11.5 Å². The SMILES string of the molecule is COc1cc(/C=N/NC(=O)c2cccnc2)ccc1OCCc1ccccc1. The number of ether oxygens (including phenoxy) is 2. The second kappa shape index (κ2) is 9.87. The first-order chi connectivity index (χ1) is 13.8. The lowest BCUT2D eigenvalue weighted by atomic mass is 10.2. The Balaban J connectivity index is 1.57. The molecule has 0 aliphatic heterocycles. The maximum atomic E-state index is 11.9. The molecule has 1 amide bonds. The van der Waals surface area contributed by atoms with E-state index in [1.165, 1.54) is 11.8 Å². The Kier molecular flexibility index (Phi) is 6.73. The number of hydrogen-bond donors (Lipinski definition) is 1. The zero-order valence-corrected chi connectivity index (χ0v) is 15.5. The van der Waals surface area contributed by atoms with E-state index in [-0.39, 0.29) is 5.91 Å². The highest BCUT2D eigenvalue weighted by molar-refractivity contribution is 5.94. The van der Waals surface area contributed by atoms with Gasteiger partial charge < -0.3 is 9.47 Å². The molecule has 3 rings (SSSR count). The van der Waals surface area contributed by atoms with Crippen LogP contribution < -0.4 is 14.9 Å². The molecule has 6 heteroatoms. The van der Waals surface area contributed by atoms with Crippen molar-refractivity contribution in [1.82, 2.24) is 10.4 Å². The summed E-state index contributed by atoms with van der Waals surface area (Å²) in [5.41, 5.74) is 4.91. The average molecular weight is 375 g/mol. The number of pyridine rings is 1. The molecule has 0 atom stereocenters. The van der Waals surface area contributed by atoms with Gasteiger partial charge in [-0.25, -0.2) is 5.43 Å². The molecule has 0 fully saturated rings. The predicted molar refractivity (Wildman–Crippen MR) is 108 cm³/mol. The highest BCUT2D eigenvalue weighted by atomic mass is 16.5. The maximum Gasteiger partial charge on any atom is 0.272 e. The minimum absolute atomic E-state index is 0.322. The van der Waals surface area contributed by atoms with Crippen molar-refractivity contribution in [3.8, 4) is 11.5 Å². The van der Waals surface area contributed by atoms with E-state index < -0.39 is 0 Å². The molecular formula is C22H21N3O3. The van der Waals surface area contributed by atoms with Crippen LogP contribution in [0, 0.1) is 0 Å². The summed E-state index contributed by atoms with van der Waals surface area (Å²) >= 11 is 0. The van der Waals surface area contributed by atoms with Gasteiger partial charge in [-0.3, -0.25) is 9.78 Å². The summed E-state index contributed by atoms with van der Waals surface area (Å²) in [5, 5.41) is 3.98. The lowest BCUT2D eigenvalue weighted by Gasteiger charge is -2.11. The van der Waals surface area contributed by atoms with Gasteiger partial charge in [-0.05, 0) is 41.5 Å². The van der Waals surface area contributed by atoms with E-state index in [1.54, 1.807) is 37.7 Å². The summed E-state index contributed by atoms with van der Waals surface area (Å²) in [5.74, 6) is 0.947. The number of rotatable bonds is 8. The minimum Gasteiger partial charge on any atom is -0.493 e. The first-order valence-corrected chi connectivity index (χ1v) is 8.84. The van der Waals surface area contributed by atoms with Crippen LogP contribution in [0.5, 0.6) is 11.5 Å². The molecule has 0 saturated heterocycles. The number of carbonyl (C=O) groups excluding carboxylic acids is 1. The van der Waals surface area contributed by atoms with Crippen molar-refractivity contribution in [1.29, 1.82) is 0 Å². The number of methoxy groups -OCH3 is 1. The van der Waals surface area contributed by atoms with E-state index >= 15 is 0 Å². The Morgan fingerprint density at radius 3 is 2.71 bits per heavy atom. The Morgan fingerprint density at radius 2 is 1.96 bits per heavy atom. The van der Waals surface area contributed by atoms with Crippen LogP contribution in [0.2, 0.25) is 0 Å². The molecule has 0 radical (unpaired) electrons. The van der Waals surface area contributed by atoms with E-state index in [0.29, 0.717) is 23.7 Å². The largest absolute Gasteiger partial charge is 0.493 e. The number of nitrogens with one attached hydrogen (secondary N) is 1. The maximum absolute atomic E-state index is 11.9. The van der Waals surface area contributed by atoms with E-state index in [9.17, 15) is 4.79 Å². The molecule has 0 aliphatic rings. The summed E-state index contributed by atoms with van der Waals surface area (Å²) in [6.07, 6.45) is 5.45. The Labute approximate surface area is 163 Å². The summed E-state index contributed by atoms with van der Waals surface area (Å²) in [6.45, 7) is 0.551. The molecule has 0 aliphatic carbocycles. The lowest BCUT2D eigenvalue weighted by molar-refractivity contribution is 0.0955. The van der Waals surface area contributed by atoms with Crippen molar-refractivity contribution in [2.24, 2.45) is 5.10 Å². The van der Waals surface area contributed by atoms with Crippen LogP contribution in [0.3, 0.4) is 0 Å². The van der Waals surface area contributed by atoms with Crippen LogP contribution in [0.1, 0.15) is 21.5 Å².